The first-order chi connectivity index (χ1) is 7.26. The summed E-state index contributed by atoms with van der Waals surface area (Å²) in [6.45, 7) is 4.10. The molecule has 1 N–H and O–H groups in total. The van der Waals surface area contributed by atoms with Gasteiger partial charge in [0.2, 0.25) is 0 Å². The fraction of sp³-hybridized carbons (Fsp3) is 0.545. The maximum absolute atomic E-state index is 11.4. The van der Waals surface area contributed by atoms with Crippen LogP contribution in [0, 0.1) is 0 Å². The predicted octanol–water partition coefficient (Wildman–Crippen LogP) is 0.401. The zero-order chi connectivity index (χ0) is 10.8. The molecule has 4 nitrogen and oxygen atoms in total. The van der Waals surface area contributed by atoms with Crippen molar-refractivity contribution in [2.24, 2.45) is 0 Å². The molecular weight excluding hydrogens is 194 g/mol. The summed E-state index contributed by atoms with van der Waals surface area (Å²) in [5, 5.41) is 3.28. The first-order valence-electron chi connectivity index (χ1n) is 5.04. The van der Waals surface area contributed by atoms with Crippen molar-refractivity contribution in [1.29, 1.82) is 0 Å². The van der Waals surface area contributed by atoms with Crippen LogP contribution in [0.4, 0.5) is 0 Å². The number of nitrogens with one attached hydrogen (secondary N) is 1. The lowest BCUT2D eigenvalue weighted by Gasteiger charge is -2.17. The van der Waals surface area contributed by atoms with E-state index in [1.165, 1.54) is 7.11 Å². The second-order valence-corrected chi connectivity index (χ2v) is 3.77. The molecule has 2 rings (SSSR count). The van der Waals surface area contributed by atoms with Gasteiger partial charge in [-0.3, -0.25) is 0 Å². The molecule has 15 heavy (non-hydrogen) atoms. The van der Waals surface area contributed by atoms with Crippen molar-refractivity contribution in [3.63, 3.8) is 0 Å². The second kappa shape index (κ2) is 4.16. The van der Waals surface area contributed by atoms with Crippen LogP contribution >= 0.6 is 0 Å². The van der Waals surface area contributed by atoms with Gasteiger partial charge < -0.3 is 14.8 Å². The van der Waals surface area contributed by atoms with Gasteiger partial charge in [0.25, 0.3) is 0 Å². The summed E-state index contributed by atoms with van der Waals surface area (Å²) in [4.78, 5) is 11.4. The van der Waals surface area contributed by atoms with Crippen LogP contribution in [-0.4, -0.2) is 37.9 Å². The number of carbonyl (C=O) groups excluding carboxylic acids is 1. The molecule has 82 valence electrons. The summed E-state index contributed by atoms with van der Waals surface area (Å²) in [7, 11) is 1.40. The zero-order valence-electron chi connectivity index (χ0n) is 8.73. The van der Waals surface area contributed by atoms with Crippen molar-refractivity contribution >= 4 is 5.97 Å². The molecule has 1 aliphatic heterocycles. The molecule has 1 saturated heterocycles. The Bertz CT molecular complexity index is 311. The highest BCUT2D eigenvalue weighted by Gasteiger charge is 2.46. The molecule has 0 amide bonds. The van der Waals surface area contributed by atoms with Crippen LogP contribution in [-0.2, 0) is 14.3 Å². The van der Waals surface area contributed by atoms with E-state index >= 15 is 0 Å². The maximum Gasteiger partial charge on any atom is 0.333 e. The Balaban J connectivity index is 2.03. The minimum atomic E-state index is -0.255. The summed E-state index contributed by atoms with van der Waals surface area (Å²) in [6.07, 6.45) is 4.27. The van der Waals surface area contributed by atoms with Crippen LogP contribution in [0.5, 0.6) is 0 Å². The number of rotatable bonds is 4. The molecule has 0 saturated carbocycles. The second-order valence-electron chi connectivity index (χ2n) is 3.77. The number of methoxy groups -OCH3 is 1. The SMILES string of the molecule is C=CCO[C@@H]1C=C(C(=O)OC)CC2NC21. The normalized spacial score (nSPS) is 32.6. The lowest BCUT2D eigenvalue weighted by Crippen LogP contribution is -2.26. The first-order valence-corrected chi connectivity index (χ1v) is 5.04. The minimum Gasteiger partial charge on any atom is -0.466 e. The van der Waals surface area contributed by atoms with E-state index < -0.39 is 0 Å². The van der Waals surface area contributed by atoms with Crippen molar-refractivity contribution in [3.05, 3.63) is 24.3 Å². The van der Waals surface area contributed by atoms with E-state index in [2.05, 4.69) is 11.9 Å². The number of carbonyl (C=O) groups is 1. The fourth-order valence-corrected chi connectivity index (χ4v) is 1.92. The van der Waals surface area contributed by atoms with Crippen LogP contribution in [0.2, 0.25) is 0 Å². The van der Waals surface area contributed by atoms with E-state index in [0.717, 1.165) is 6.42 Å². The highest BCUT2D eigenvalue weighted by atomic mass is 16.5. The summed E-state index contributed by atoms with van der Waals surface area (Å²) in [5.74, 6) is -0.255. The van der Waals surface area contributed by atoms with Crippen LogP contribution < -0.4 is 5.32 Å². The quantitative estimate of drug-likeness (QED) is 0.413. The Morgan fingerprint density at radius 2 is 2.60 bits per heavy atom. The molecular formula is C11H15NO3. The Morgan fingerprint density at radius 3 is 3.27 bits per heavy atom. The topological polar surface area (TPSA) is 57.5 Å². The van der Waals surface area contributed by atoms with Crippen LogP contribution in [0.3, 0.4) is 0 Å². The lowest BCUT2D eigenvalue weighted by molar-refractivity contribution is -0.136. The van der Waals surface area contributed by atoms with E-state index in [1.54, 1.807) is 6.08 Å². The van der Waals surface area contributed by atoms with Crippen molar-refractivity contribution in [2.75, 3.05) is 13.7 Å². The van der Waals surface area contributed by atoms with E-state index in [4.69, 9.17) is 9.47 Å². The van der Waals surface area contributed by atoms with Gasteiger partial charge in [-0.2, -0.15) is 0 Å². The van der Waals surface area contributed by atoms with Crippen molar-refractivity contribution < 1.29 is 14.3 Å². The lowest BCUT2D eigenvalue weighted by atomic mass is 9.97. The van der Waals surface area contributed by atoms with Gasteiger partial charge in [0.05, 0.1) is 25.9 Å². The Morgan fingerprint density at radius 1 is 1.80 bits per heavy atom. The third-order valence-electron chi connectivity index (χ3n) is 2.74. The number of ether oxygens (including phenoxy) is 2. The summed E-state index contributed by atoms with van der Waals surface area (Å²) >= 11 is 0. The summed E-state index contributed by atoms with van der Waals surface area (Å²) in [6, 6.07) is 0.734. The maximum atomic E-state index is 11.4. The van der Waals surface area contributed by atoms with Gasteiger partial charge in [0, 0.05) is 11.6 Å². The van der Waals surface area contributed by atoms with Crippen molar-refractivity contribution in [1.82, 2.24) is 5.32 Å². The van der Waals surface area contributed by atoms with Crippen LogP contribution in [0.1, 0.15) is 6.42 Å². The van der Waals surface area contributed by atoms with Crippen molar-refractivity contribution in [2.45, 2.75) is 24.6 Å². The zero-order valence-corrected chi connectivity index (χ0v) is 8.73. The Labute approximate surface area is 88.9 Å². The van der Waals surface area contributed by atoms with Gasteiger partial charge in [-0.1, -0.05) is 6.08 Å². The van der Waals surface area contributed by atoms with Crippen LogP contribution in [0.15, 0.2) is 24.3 Å². The molecule has 2 aliphatic rings. The van der Waals surface area contributed by atoms with E-state index in [-0.39, 0.29) is 12.1 Å². The number of hydrogen-bond donors (Lipinski definition) is 1. The Kier molecular flexibility index (Phi) is 2.88. The molecule has 0 aromatic carbocycles. The number of hydrogen-bond acceptors (Lipinski definition) is 4. The summed E-state index contributed by atoms with van der Waals surface area (Å²) < 4.78 is 10.2. The molecule has 1 fully saturated rings. The molecule has 0 bridgehead atoms. The number of fused-ring (bicyclic) bond motifs is 1. The third kappa shape index (κ3) is 2.11. The summed E-state index contributed by atoms with van der Waals surface area (Å²) in [5.41, 5.74) is 0.706. The molecule has 4 heteroatoms. The molecule has 1 aliphatic carbocycles. The average molecular weight is 209 g/mol. The average Bonchev–Trinajstić information content (AvgIpc) is 3.03. The molecule has 0 spiro atoms. The van der Waals surface area contributed by atoms with Gasteiger partial charge >= 0.3 is 5.97 Å². The monoisotopic (exact) mass is 209 g/mol. The molecule has 1 heterocycles. The molecule has 2 unspecified atom stereocenters. The fourth-order valence-electron chi connectivity index (χ4n) is 1.92. The predicted molar refractivity (Wildman–Crippen MR) is 55.4 cm³/mol. The van der Waals surface area contributed by atoms with E-state index in [9.17, 15) is 4.79 Å². The van der Waals surface area contributed by atoms with Gasteiger partial charge in [-0.05, 0) is 12.5 Å². The van der Waals surface area contributed by atoms with Gasteiger partial charge in [-0.15, -0.1) is 6.58 Å². The van der Waals surface area contributed by atoms with Gasteiger partial charge in [-0.25, -0.2) is 4.79 Å². The standard InChI is InChI=1S/C11H15NO3/c1-3-4-15-9-6-7(11(13)14-2)5-8-10(9)12-8/h3,6,8-10,12H,1,4-5H2,2H3/t8?,9-,10?/m1/s1. The van der Waals surface area contributed by atoms with E-state index in [0.29, 0.717) is 24.3 Å². The largest absolute Gasteiger partial charge is 0.466 e. The third-order valence-corrected chi connectivity index (χ3v) is 2.74. The molecule has 0 radical (unpaired) electrons. The highest BCUT2D eigenvalue weighted by molar-refractivity contribution is 5.89. The van der Waals surface area contributed by atoms with Gasteiger partial charge in [0.1, 0.15) is 0 Å². The number of esters is 1. The molecule has 3 atom stereocenters. The Hall–Kier alpha value is -1.13. The van der Waals surface area contributed by atoms with Crippen molar-refractivity contribution in [3.8, 4) is 0 Å². The molecule has 0 aromatic rings. The van der Waals surface area contributed by atoms with Crippen LogP contribution in [0.25, 0.3) is 0 Å². The smallest absolute Gasteiger partial charge is 0.333 e. The van der Waals surface area contributed by atoms with E-state index in [1.807, 2.05) is 6.08 Å². The minimum absolute atomic E-state index is 0.0316. The first kappa shape index (κ1) is 10.4. The highest BCUT2D eigenvalue weighted by Crippen LogP contribution is 2.31. The molecule has 0 aromatic heterocycles. The van der Waals surface area contributed by atoms with Gasteiger partial charge in [0.15, 0.2) is 0 Å².